The molecule has 19 heavy (non-hydrogen) atoms. The molecule has 108 valence electrons. The van der Waals surface area contributed by atoms with E-state index in [1.165, 1.54) is 4.31 Å². The summed E-state index contributed by atoms with van der Waals surface area (Å²) in [5, 5.41) is 3.00. The van der Waals surface area contributed by atoms with E-state index in [9.17, 15) is 8.42 Å². The third-order valence-corrected chi connectivity index (χ3v) is 4.43. The van der Waals surface area contributed by atoms with Gasteiger partial charge in [0.15, 0.2) is 0 Å². The highest BCUT2D eigenvalue weighted by molar-refractivity contribution is 7.90. The van der Waals surface area contributed by atoms with Crippen LogP contribution in [0, 0.1) is 0 Å². The van der Waals surface area contributed by atoms with Crippen LogP contribution in [0.5, 0.6) is 0 Å². The predicted octanol–water partition coefficient (Wildman–Crippen LogP) is 1.45. The summed E-state index contributed by atoms with van der Waals surface area (Å²) >= 11 is 0. The lowest BCUT2D eigenvalue weighted by Gasteiger charge is -2.19. The molecular formula is C13H23N3O2S. The highest BCUT2D eigenvalue weighted by atomic mass is 32.2. The van der Waals surface area contributed by atoms with Gasteiger partial charge in [0.25, 0.3) is 0 Å². The van der Waals surface area contributed by atoms with Gasteiger partial charge in [-0.05, 0) is 38.1 Å². The van der Waals surface area contributed by atoms with Gasteiger partial charge < -0.3 is 5.32 Å². The van der Waals surface area contributed by atoms with Gasteiger partial charge in [0.1, 0.15) is 0 Å². The van der Waals surface area contributed by atoms with Crippen molar-refractivity contribution in [1.82, 2.24) is 9.62 Å². The third-order valence-electron chi connectivity index (χ3n) is 2.95. The monoisotopic (exact) mass is 285 g/mol. The quantitative estimate of drug-likeness (QED) is 0.711. The van der Waals surface area contributed by atoms with Crippen LogP contribution in [0.15, 0.2) is 24.3 Å². The van der Waals surface area contributed by atoms with Crippen molar-refractivity contribution < 1.29 is 8.42 Å². The summed E-state index contributed by atoms with van der Waals surface area (Å²) in [6.45, 7) is 3.29. The zero-order valence-corrected chi connectivity index (χ0v) is 12.6. The van der Waals surface area contributed by atoms with Crippen molar-refractivity contribution in [3.63, 3.8) is 0 Å². The van der Waals surface area contributed by atoms with Crippen LogP contribution in [0.2, 0.25) is 0 Å². The van der Waals surface area contributed by atoms with E-state index in [1.807, 2.05) is 32.2 Å². The molecule has 0 radical (unpaired) electrons. The number of anilines is 1. The molecule has 1 rings (SSSR count). The average Bonchev–Trinajstić information content (AvgIpc) is 2.39. The Balaban J connectivity index is 2.73. The summed E-state index contributed by atoms with van der Waals surface area (Å²) in [4.78, 5) is 0. The molecule has 6 heteroatoms. The molecule has 5 nitrogen and oxygen atoms in total. The SMILES string of the molecule is CCc1ccccc1NS(=O)(=O)N(C)CCCNC. The van der Waals surface area contributed by atoms with Crippen molar-refractivity contribution >= 4 is 15.9 Å². The maximum Gasteiger partial charge on any atom is 0.301 e. The summed E-state index contributed by atoms with van der Waals surface area (Å²) in [7, 11) is -0.0296. The van der Waals surface area contributed by atoms with Gasteiger partial charge in [-0.15, -0.1) is 0 Å². The second-order valence-corrected chi connectivity index (χ2v) is 6.17. The molecule has 0 aliphatic carbocycles. The first kappa shape index (κ1) is 15.9. The highest BCUT2D eigenvalue weighted by Gasteiger charge is 2.17. The van der Waals surface area contributed by atoms with Crippen molar-refractivity contribution in [1.29, 1.82) is 0 Å². The normalized spacial score (nSPS) is 11.8. The van der Waals surface area contributed by atoms with E-state index in [0.29, 0.717) is 12.2 Å². The zero-order chi connectivity index (χ0) is 14.3. The van der Waals surface area contributed by atoms with E-state index < -0.39 is 10.2 Å². The molecule has 0 aliphatic rings. The molecule has 1 aromatic rings. The van der Waals surface area contributed by atoms with Crippen LogP contribution >= 0.6 is 0 Å². The molecule has 0 aliphatic heterocycles. The Bertz CT molecular complexity index is 488. The summed E-state index contributed by atoms with van der Waals surface area (Å²) in [6, 6.07) is 7.46. The number of hydrogen-bond acceptors (Lipinski definition) is 3. The molecular weight excluding hydrogens is 262 g/mol. The molecule has 0 spiro atoms. The summed E-state index contributed by atoms with van der Waals surface area (Å²) < 4.78 is 28.3. The Morgan fingerprint density at radius 3 is 2.58 bits per heavy atom. The lowest BCUT2D eigenvalue weighted by Crippen LogP contribution is -2.34. The fraction of sp³-hybridized carbons (Fsp3) is 0.538. The van der Waals surface area contributed by atoms with E-state index in [2.05, 4.69) is 10.0 Å². The number of nitrogens with one attached hydrogen (secondary N) is 2. The van der Waals surface area contributed by atoms with Crippen LogP contribution < -0.4 is 10.0 Å². The number of hydrogen-bond donors (Lipinski definition) is 2. The van der Waals surface area contributed by atoms with Gasteiger partial charge in [0.2, 0.25) is 0 Å². The maximum atomic E-state index is 12.2. The van der Waals surface area contributed by atoms with Crippen molar-refractivity contribution in [2.45, 2.75) is 19.8 Å². The molecule has 0 aromatic heterocycles. The zero-order valence-electron chi connectivity index (χ0n) is 11.8. The molecule has 0 atom stereocenters. The van der Waals surface area contributed by atoms with Gasteiger partial charge in [-0.2, -0.15) is 12.7 Å². The summed E-state index contributed by atoms with van der Waals surface area (Å²) in [5.74, 6) is 0. The van der Waals surface area contributed by atoms with Crippen molar-refractivity contribution in [2.75, 3.05) is 31.9 Å². The predicted molar refractivity (Wildman–Crippen MR) is 79.5 cm³/mol. The summed E-state index contributed by atoms with van der Waals surface area (Å²) in [6.07, 6.45) is 1.57. The topological polar surface area (TPSA) is 61.4 Å². The first-order valence-electron chi connectivity index (χ1n) is 6.48. The minimum Gasteiger partial charge on any atom is -0.320 e. The van der Waals surface area contributed by atoms with Crippen molar-refractivity contribution in [2.24, 2.45) is 0 Å². The second-order valence-electron chi connectivity index (χ2n) is 4.40. The smallest absolute Gasteiger partial charge is 0.301 e. The van der Waals surface area contributed by atoms with E-state index in [4.69, 9.17) is 0 Å². The third kappa shape index (κ3) is 4.81. The van der Waals surface area contributed by atoms with Crippen LogP contribution in [0.1, 0.15) is 18.9 Å². The first-order chi connectivity index (χ1) is 9.01. The number of para-hydroxylation sites is 1. The van der Waals surface area contributed by atoms with Crippen LogP contribution in [-0.4, -0.2) is 39.9 Å². The number of nitrogens with zero attached hydrogens (tertiary/aromatic N) is 1. The van der Waals surface area contributed by atoms with Crippen LogP contribution in [0.4, 0.5) is 5.69 Å². The minimum atomic E-state index is -3.47. The Morgan fingerprint density at radius 2 is 1.95 bits per heavy atom. The van der Waals surface area contributed by atoms with Gasteiger partial charge in [0.05, 0.1) is 5.69 Å². The summed E-state index contributed by atoms with van der Waals surface area (Å²) in [5.41, 5.74) is 1.65. The van der Waals surface area contributed by atoms with Crippen LogP contribution in [0.25, 0.3) is 0 Å². The van der Waals surface area contributed by atoms with E-state index in [-0.39, 0.29) is 0 Å². The largest absolute Gasteiger partial charge is 0.320 e. The standard InChI is InChI=1S/C13H23N3O2S/c1-4-12-8-5-6-9-13(12)15-19(17,18)16(3)11-7-10-14-2/h5-6,8-9,14-15H,4,7,10-11H2,1-3H3. The Labute approximate surface area is 116 Å². The van der Waals surface area contributed by atoms with Crippen molar-refractivity contribution in [3.8, 4) is 0 Å². The van der Waals surface area contributed by atoms with Crippen LogP contribution in [0.3, 0.4) is 0 Å². The van der Waals surface area contributed by atoms with Gasteiger partial charge >= 0.3 is 10.2 Å². The van der Waals surface area contributed by atoms with Crippen molar-refractivity contribution in [3.05, 3.63) is 29.8 Å². The van der Waals surface area contributed by atoms with Crippen LogP contribution in [-0.2, 0) is 16.6 Å². The lowest BCUT2D eigenvalue weighted by atomic mass is 10.1. The molecule has 1 aromatic carbocycles. The fourth-order valence-electron chi connectivity index (χ4n) is 1.74. The lowest BCUT2D eigenvalue weighted by molar-refractivity contribution is 0.462. The first-order valence-corrected chi connectivity index (χ1v) is 7.92. The Morgan fingerprint density at radius 1 is 1.26 bits per heavy atom. The molecule has 0 bridgehead atoms. The van der Waals surface area contributed by atoms with Gasteiger partial charge in [-0.3, -0.25) is 4.72 Å². The Kier molecular flexibility index (Phi) is 6.27. The number of benzene rings is 1. The molecule has 0 heterocycles. The van der Waals surface area contributed by atoms with Gasteiger partial charge in [0, 0.05) is 13.6 Å². The fourth-order valence-corrected chi connectivity index (χ4v) is 2.75. The number of rotatable bonds is 8. The average molecular weight is 285 g/mol. The highest BCUT2D eigenvalue weighted by Crippen LogP contribution is 2.17. The number of aryl methyl sites for hydroxylation is 1. The minimum absolute atomic E-state index is 0.491. The van der Waals surface area contributed by atoms with E-state index in [0.717, 1.165) is 24.9 Å². The molecule has 0 unspecified atom stereocenters. The van der Waals surface area contributed by atoms with E-state index >= 15 is 0 Å². The van der Waals surface area contributed by atoms with Gasteiger partial charge in [-0.1, -0.05) is 25.1 Å². The Hall–Kier alpha value is -1.11. The molecule has 0 amide bonds. The maximum absolute atomic E-state index is 12.2. The molecule has 0 fully saturated rings. The van der Waals surface area contributed by atoms with E-state index in [1.54, 1.807) is 13.1 Å². The molecule has 0 saturated heterocycles. The molecule has 0 saturated carbocycles. The van der Waals surface area contributed by atoms with Gasteiger partial charge in [-0.25, -0.2) is 0 Å². The second kappa shape index (κ2) is 7.47. The molecule has 2 N–H and O–H groups in total.